The lowest BCUT2D eigenvalue weighted by atomic mass is 10.3. The monoisotopic (exact) mass is 380 g/mol. The molecule has 6 nitrogen and oxygen atoms in total. The maximum atomic E-state index is 13.8. The molecule has 0 unspecified atom stereocenters. The van der Waals surface area contributed by atoms with E-state index in [1.165, 1.54) is 0 Å². The molecule has 0 aliphatic rings. The number of anilines is 2. The standard InChI is InChI=1S/C10H10BrFN4O2S2/c1-2-9-14-15-10(19-9)16-20(17,18)8-4-7(13)5(11)3-6(8)12/h3-4H,2,13H2,1H3,(H,15,16). The second-order valence-electron chi connectivity index (χ2n) is 3.76. The smallest absolute Gasteiger partial charge is 0.266 e. The minimum Gasteiger partial charge on any atom is -0.398 e. The first kappa shape index (κ1) is 15.1. The second kappa shape index (κ2) is 5.62. The van der Waals surface area contributed by atoms with Gasteiger partial charge in [0, 0.05) is 10.2 Å². The van der Waals surface area contributed by atoms with Gasteiger partial charge in [0.2, 0.25) is 5.13 Å². The summed E-state index contributed by atoms with van der Waals surface area (Å²) in [7, 11) is -4.10. The number of aryl methyl sites for hydroxylation is 1. The summed E-state index contributed by atoms with van der Waals surface area (Å²) in [6.07, 6.45) is 0.638. The molecule has 2 aromatic rings. The van der Waals surface area contributed by atoms with Gasteiger partial charge in [-0.15, -0.1) is 10.2 Å². The number of nitrogen functional groups attached to an aromatic ring is 1. The Kier molecular flexibility index (Phi) is 4.25. The van der Waals surface area contributed by atoms with Crippen molar-refractivity contribution in [1.29, 1.82) is 0 Å². The van der Waals surface area contributed by atoms with Crippen LogP contribution in [0.4, 0.5) is 15.2 Å². The highest BCUT2D eigenvalue weighted by Crippen LogP contribution is 2.28. The first-order valence-electron chi connectivity index (χ1n) is 5.43. The van der Waals surface area contributed by atoms with Crippen molar-refractivity contribution in [3.63, 3.8) is 0 Å². The highest BCUT2D eigenvalue weighted by Gasteiger charge is 2.22. The van der Waals surface area contributed by atoms with E-state index in [-0.39, 0.29) is 15.3 Å². The number of halogens is 2. The van der Waals surface area contributed by atoms with Gasteiger partial charge in [0.05, 0.1) is 0 Å². The largest absolute Gasteiger partial charge is 0.398 e. The van der Waals surface area contributed by atoms with Gasteiger partial charge in [-0.2, -0.15) is 0 Å². The fourth-order valence-electron chi connectivity index (χ4n) is 1.36. The Morgan fingerprint density at radius 1 is 1.45 bits per heavy atom. The van der Waals surface area contributed by atoms with Crippen LogP contribution in [0.3, 0.4) is 0 Å². The third-order valence-corrected chi connectivity index (χ3v) is 5.48. The Balaban J connectivity index is 2.37. The van der Waals surface area contributed by atoms with Gasteiger partial charge in [-0.05, 0) is 34.5 Å². The summed E-state index contributed by atoms with van der Waals surface area (Å²) >= 11 is 4.12. The van der Waals surface area contributed by atoms with Gasteiger partial charge in [0.15, 0.2) is 0 Å². The van der Waals surface area contributed by atoms with Crippen LogP contribution in [0.1, 0.15) is 11.9 Å². The zero-order valence-corrected chi connectivity index (χ0v) is 13.4. The van der Waals surface area contributed by atoms with Crippen molar-refractivity contribution in [2.75, 3.05) is 10.5 Å². The Morgan fingerprint density at radius 3 is 2.75 bits per heavy atom. The summed E-state index contributed by atoms with van der Waals surface area (Å²) in [5.74, 6) is -0.904. The second-order valence-corrected chi connectivity index (χ2v) is 7.33. The molecule has 0 saturated carbocycles. The Labute approximate surface area is 127 Å². The fourth-order valence-corrected chi connectivity index (χ4v) is 3.68. The molecule has 0 atom stereocenters. The molecule has 0 radical (unpaired) electrons. The SMILES string of the molecule is CCc1nnc(NS(=O)(=O)c2cc(N)c(Br)cc2F)s1. The van der Waals surface area contributed by atoms with Crippen LogP contribution < -0.4 is 10.5 Å². The van der Waals surface area contributed by atoms with Gasteiger partial charge in [0.1, 0.15) is 15.7 Å². The molecular weight excluding hydrogens is 371 g/mol. The lowest BCUT2D eigenvalue weighted by Gasteiger charge is -2.08. The van der Waals surface area contributed by atoms with E-state index < -0.39 is 20.7 Å². The van der Waals surface area contributed by atoms with Crippen molar-refractivity contribution in [2.24, 2.45) is 0 Å². The quantitative estimate of drug-likeness (QED) is 0.793. The van der Waals surface area contributed by atoms with Gasteiger partial charge in [-0.25, -0.2) is 12.8 Å². The van der Waals surface area contributed by atoms with E-state index in [4.69, 9.17) is 5.73 Å². The van der Waals surface area contributed by atoms with Crippen LogP contribution in [-0.2, 0) is 16.4 Å². The van der Waals surface area contributed by atoms with Gasteiger partial charge in [-0.3, -0.25) is 4.72 Å². The molecule has 3 N–H and O–H groups in total. The summed E-state index contributed by atoms with van der Waals surface area (Å²) in [4.78, 5) is -0.536. The number of hydrogen-bond acceptors (Lipinski definition) is 6. The molecule has 2 rings (SSSR count). The molecule has 0 aliphatic heterocycles. The van der Waals surface area contributed by atoms with Crippen molar-refractivity contribution < 1.29 is 12.8 Å². The topological polar surface area (TPSA) is 98.0 Å². The lowest BCUT2D eigenvalue weighted by molar-refractivity contribution is 0.570. The predicted octanol–water partition coefficient (Wildman–Crippen LogP) is 2.39. The summed E-state index contributed by atoms with van der Waals surface area (Å²) in [5, 5.41) is 8.23. The van der Waals surface area contributed by atoms with Gasteiger partial charge >= 0.3 is 0 Å². The summed E-state index contributed by atoms with van der Waals surface area (Å²) in [6.45, 7) is 1.87. The molecule has 1 aromatic carbocycles. The minimum absolute atomic E-state index is 0.0859. The molecule has 0 saturated heterocycles. The number of benzene rings is 1. The van der Waals surface area contributed by atoms with Gasteiger partial charge in [0.25, 0.3) is 10.0 Å². The van der Waals surface area contributed by atoms with E-state index in [2.05, 4.69) is 30.8 Å². The molecule has 10 heteroatoms. The summed E-state index contributed by atoms with van der Waals surface area (Å²) in [5.41, 5.74) is 5.70. The van der Waals surface area contributed by atoms with Crippen LogP contribution in [0.5, 0.6) is 0 Å². The Hall–Kier alpha value is -1.26. The van der Waals surface area contributed by atoms with Crippen LogP contribution in [0.15, 0.2) is 21.5 Å². The molecule has 20 heavy (non-hydrogen) atoms. The average molecular weight is 381 g/mol. The van der Waals surface area contributed by atoms with E-state index in [0.717, 1.165) is 23.5 Å². The van der Waals surface area contributed by atoms with E-state index in [1.54, 1.807) is 0 Å². The minimum atomic E-state index is -4.10. The molecule has 1 heterocycles. The van der Waals surface area contributed by atoms with E-state index >= 15 is 0 Å². The van der Waals surface area contributed by atoms with Crippen LogP contribution in [-0.4, -0.2) is 18.6 Å². The highest BCUT2D eigenvalue weighted by atomic mass is 79.9. The third-order valence-electron chi connectivity index (χ3n) is 2.33. The lowest BCUT2D eigenvalue weighted by Crippen LogP contribution is -2.15. The maximum absolute atomic E-state index is 13.8. The first-order valence-corrected chi connectivity index (χ1v) is 8.52. The number of sulfonamides is 1. The van der Waals surface area contributed by atoms with Gasteiger partial charge in [-0.1, -0.05) is 18.3 Å². The summed E-state index contributed by atoms with van der Waals surface area (Å²) in [6, 6.07) is 2.05. The zero-order chi connectivity index (χ0) is 14.9. The number of rotatable bonds is 4. The maximum Gasteiger partial charge on any atom is 0.266 e. The van der Waals surface area contributed by atoms with E-state index in [0.29, 0.717) is 11.4 Å². The molecule has 108 valence electrons. The molecular formula is C10H10BrFN4O2S2. The number of nitrogens with two attached hydrogens (primary N) is 1. The van der Waals surface area contributed by atoms with E-state index in [9.17, 15) is 12.8 Å². The van der Waals surface area contributed by atoms with Crippen LogP contribution >= 0.6 is 27.3 Å². The molecule has 0 bridgehead atoms. The van der Waals surface area contributed by atoms with Crippen molar-refractivity contribution >= 4 is 48.1 Å². The van der Waals surface area contributed by atoms with Crippen molar-refractivity contribution in [1.82, 2.24) is 10.2 Å². The normalized spacial score (nSPS) is 11.6. The van der Waals surface area contributed by atoms with E-state index in [1.807, 2.05) is 6.92 Å². The Morgan fingerprint density at radius 2 is 2.15 bits per heavy atom. The molecule has 0 fully saturated rings. The van der Waals surface area contributed by atoms with Crippen molar-refractivity contribution in [2.45, 2.75) is 18.2 Å². The third kappa shape index (κ3) is 3.07. The van der Waals surface area contributed by atoms with Crippen LogP contribution in [0.2, 0.25) is 0 Å². The number of aromatic nitrogens is 2. The predicted molar refractivity (Wildman–Crippen MR) is 78.6 cm³/mol. The highest BCUT2D eigenvalue weighted by molar-refractivity contribution is 9.10. The number of nitrogens with one attached hydrogen (secondary N) is 1. The molecule has 0 amide bonds. The first-order chi connectivity index (χ1) is 9.33. The molecule has 0 spiro atoms. The van der Waals surface area contributed by atoms with Crippen molar-refractivity contribution in [3.8, 4) is 0 Å². The Bertz CT molecular complexity index is 748. The molecule has 1 aromatic heterocycles. The molecule has 0 aliphatic carbocycles. The average Bonchev–Trinajstić information content (AvgIpc) is 2.80. The number of nitrogens with zero attached hydrogens (tertiary/aromatic N) is 2. The van der Waals surface area contributed by atoms with Crippen molar-refractivity contribution in [3.05, 3.63) is 27.4 Å². The number of hydrogen-bond donors (Lipinski definition) is 2. The fraction of sp³-hybridized carbons (Fsp3) is 0.200. The summed E-state index contributed by atoms with van der Waals surface area (Å²) < 4.78 is 40.4. The van der Waals surface area contributed by atoms with Gasteiger partial charge < -0.3 is 5.73 Å². The van der Waals surface area contributed by atoms with Crippen LogP contribution in [0.25, 0.3) is 0 Å². The zero-order valence-electron chi connectivity index (χ0n) is 10.2. The van der Waals surface area contributed by atoms with Crippen LogP contribution in [0, 0.1) is 5.82 Å².